The van der Waals surface area contributed by atoms with E-state index in [-0.39, 0.29) is 0 Å². The van der Waals surface area contributed by atoms with Gasteiger partial charge in [0.25, 0.3) is 0 Å². The number of halogens is 1. The predicted molar refractivity (Wildman–Crippen MR) is 61.9 cm³/mol. The highest BCUT2D eigenvalue weighted by Crippen LogP contribution is 2.43. The van der Waals surface area contributed by atoms with Crippen LogP contribution in [0.2, 0.25) is 0 Å². The minimum atomic E-state index is -1.06. The molecule has 0 saturated carbocycles. The summed E-state index contributed by atoms with van der Waals surface area (Å²) in [6.07, 6.45) is 4.70. The molecule has 0 aliphatic carbocycles. The van der Waals surface area contributed by atoms with Crippen molar-refractivity contribution in [3.05, 3.63) is 72.5 Å². The first-order valence-corrected chi connectivity index (χ1v) is 5.50. The maximum atomic E-state index is 6.66. The van der Waals surface area contributed by atoms with Crippen LogP contribution in [0.4, 0.5) is 0 Å². The highest BCUT2D eigenvalue weighted by atomic mass is 35.5. The first kappa shape index (κ1) is 10.3. The van der Waals surface area contributed by atoms with E-state index in [1.165, 1.54) is 0 Å². The fraction of sp³-hybridized carbons (Fsp3) is 0.0769. The van der Waals surface area contributed by atoms with E-state index in [2.05, 4.69) is 0 Å². The Bertz CT molecular complexity index is 480. The third-order valence-corrected chi connectivity index (χ3v) is 3.14. The summed E-state index contributed by atoms with van der Waals surface area (Å²) in [5, 5.41) is 0. The normalized spacial score (nSPS) is 11.8. The minimum absolute atomic E-state index is 0.559. The molecule has 0 aliphatic heterocycles. The second-order valence-corrected chi connectivity index (χ2v) is 4.16. The van der Waals surface area contributed by atoms with Gasteiger partial charge in [0.1, 0.15) is 17.3 Å². The molecule has 17 heavy (non-hydrogen) atoms. The minimum Gasteiger partial charge on any atom is -0.466 e. The lowest BCUT2D eigenvalue weighted by atomic mass is 9.99. The molecule has 0 unspecified atom stereocenters. The summed E-state index contributed by atoms with van der Waals surface area (Å²) < 4.78 is 16.2. The molecule has 0 atom stereocenters. The monoisotopic (exact) mass is 248 g/mol. The van der Waals surface area contributed by atoms with Crippen molar-refractivity contribution in [3.63, 3.8) is 0 Å². The topological polar surface area (TPSA) is 39.4 Å². The summed E-state index contributed by atoms with van der Waals surface area (Å²) >= 11 is 6.66. The van der Waals surface area contributed by atoms with Crippen LogP contribution in [0, 0.1) is 0 Å². The van der Waals surface area contributed by atoms with Gasteiger partial charge >= 0.3 is 0 Å². The molecule has 0 spiro atoms. The van der Waals surface area contributed by atoms with Gasteiger partial charge in [-0.1, -0.05) is 11.6 Å². The van der Waals surface area contributed by atoms with E-state index in [0.717, 1.165) is 0 Å². The Morgan fingerprint density at radius 3 is 1.29 bits per heavy atom. The standard InChI is InChI=1S/C13H9ClO3/c14-13(10-4-1-7-15-10,11-5-2-8-16-11)12-6-3-9-17-12/h1-9H. The molecule has 3 aromatic rings. The maximum Gasteiger partial charge on any atom is 0.216 e. The van der Waals surface area contributed by atoms with Crippen molar-refractivity contribution in [1.82, 2.24) is 0 Å². The number of rotatable bonds is 3. The number of furan rings is 3. The molecule has 0 saturated heterocycles. The van der Waals surface area contributed by atoms with Crippen molar-refractivity contribution in [2.75, 3.05) is 0 Å². The highest BCUT2D eigenvalue weighted by molar-refractivity contribution is 6.27. The Hall–Kier alpha value is -1.87. The molecule has 0 amide bonds. The lowest BCUT2D eigenvalue weighted by Gasteiger charge is -2.19. The zero-order valence-electron chi connectivity index (χ0n) is 8.80. The van der Waals surface area contributed by atoms with Crippen molar-refractivity contribution in [1.29, 1.82) is 0 Å². The van der Waals surface area contributed by atoms with Gasteiger partial charge in [-0.05, 0) is 36.4 Å². The van der Waals surface area contributed by atoms with Gasteiger partial charge < -0.3 is 13.3 Å². The highest BCUT2D eigenvalue weighted by Gasteiger charge is 2.42. The molecular weight excluding hydrogens is 240 g/mol. The SMILES string of the molecule is ClC(c1ccco1)(c1ccco1)c1ccco1. The van der Waals surface area contributed by atoms with E-state index < -0.39 is 4.87 Å². The number of alkyl halides is 1. The van der Waals surface area contributed by atoms with E-state index in [1.807, 2.05) is 0 Å². The Balaban J connectivity index is 2.21. The van der Waals surface area contributed by atoms with Crippen LogP contribution in [0.15, 0.2) is 68.4 Å². The summed E-state index contributed by atoms with van der Waals surface area (Å²) in [5.74, 6) is 1.68. The van der Waals surface area contributed by atoms with Crippen LogP contribution in [-0.2, 0) is 4.87 Å². The van der Waals surface area contributed by atoms with Crippen molar-refractivity contribution in [3.8, 4) is 0 Å². The Morgan fingerprint density at radius 1 is 0.706 bits per heavy atom. The molecule has 0 radical (unpaired) electrons. The predicted octanol–water partition coefficient (Wildman–Crippen LogP) is 4.00. The summed E-state index contributed by atoms with van der Waals surface area (Å²) in [7, 11) is 0. The summed E-state index contributed by atoms with van der Waals surface area (Å²) in [5.41, 5.74) is 0. The van der Waals surface area contributed by atoms with Crippen molar-refractivity contribution >= 4 is 11.6 Å². The van der Waals surface area contributed by atoms with Gasteiger partial charge in [0.05, 0.1) is 18.8 Å². The average molecular weight is 249 g/mol. The zero-order chi connectivity index (χ0) is 11.7. The van der Waals surface area contributed by atoms with E-state index in [9.17, 15) is 0 Å². The zero-order valence-corrected chi connectivity index (χ0v) is 9.55. The maximum absolute atomic E-state index is 6.66. The third-order valence-electron chi connectivity index (χ3n) is 2.58. The van der Waals surface area contributed by atoms with Crippen molar-refractivity contribution in [2.24, 2.45) is 0 Å². The van der Waals surface area contributed by atoms with E-state index in [1.54, 1.807) is 55.2 Å². The summed E-state index contributed by atoms with van der Waals surface area (Å²) in [6, 6.07) is 10.7. The Kier molecular flexibility index (Phi) is 2.34. The Morgan fingerprint density at radius 2 is 1.06 bits per heavy atom. The molecule has 3 aromatic heterocycles. The van der Waals surface area contributed by atoms with Gasteiger partial charge in [-0.15, -0.1) is 0 Å². The quantitative estimate of drug-likeness (QED) is 0.658. The average Bonchev–Trinajstić information content (AvgIpc) is 3.10. The molecule has 3 rings (SSSR count). The third kappa shape index (κ3) is 1.51. The lowest BCUT2D eigenvalue weighted by molar-refractivity contribution is 0.382. The molecule has 86 valence electrons. The van der Waals surface area contributed by atoms with E-state index in [4.69, 9.17) is 24.9 Å². The largest absolute Gasteiger partial charge is 0.466 e. The molecule has 0 aliphatic rings. The molecule has 3 nitrogen and oxygen atoms in total. The second-order valence-electron chi connectivity index (χ2n) is 3.59. The number of hydrogen-bond acceptors (Lipinski definition) is 3. The van der Waals surface area contributed by atoms with Gasteiger partial charge in [0.2, 0.25) is 4.87 Å². The molecule has 0 bridgehead atoms. The van der Waals surface area contributed by atoms with Gasteiger partial charge in [-0.25, -0.2) is 0 Å². The van der Waals surface area contributed by atoms with Crippen LogP contribution < -0.4 is 0 Å². The summed E-state index contributed by atoms with van der Waals surface area (Å²) in [6.45, 7) is 0. The first-order valence-electron chi connectivity index (χ1n) is 5.12. The van der Waals surface area contributed by atoms with Gasteiger partial charge in [0.15, 0.2) is 0 Å². The first-order chi connectivity index (χ1) is 8.32. The second kappa shape index (κ2) is 3.86. The molecule has 0 N–H and O–H groups in total. The van der Waals surface area contributed by atoms with Gasteiger partial charge in [0, 0.05) is 0 Å². The van der Waals surface area contributed by atoms with Gasteiger partial charge in [-0.2, -0.15) is 0 Å². The van der Waals surface area contributed by atoms with Crippen LogP contribution in [0.25, 0.3) is 0 Å². The summed E-state index contributed by atoms with van der Waals surface area (Å²) in [4.78, 5) is -1.06. The molecule has 3 heterocycles. The fourth-order valence-corrected chi connectivity index (χ4v) is 2.11. The van der Waals surface area contributed by atoms with Crippen LogP contribution in [-0.4, -0.2) is 0 Å². The number of hydrogen-bond donors (Lipinski definition) is 0. The lowest BCUT2D eigenvalue weighted by Crippen LogP contribution is -2.20. The van der Waals surface area contributed by atoms with Crippen LogP contribution in [0.1, 0.15) is 17.3 Å². The van der Waals surface area contributed by atoms with Crippen LogP contribution in [0.3, 0.4) is 0 Å². The van der Waals surface area contributed by atoms with E-state index in [0.29, 0.717) is 17.3 Å². The van der Waals surface area contributed by atoms with Crippen LogP contribution >= 0.6 is 11.6 Å². The molecule has 0 aromatic carbocycles. The van der Waals surface area contributed by atoms with Crippen molar-refractivity contribution < 1.29 is 13.3 Å². The van der Waals surface area contributed by atoms with Gasteiger partial charge in [-0.3, -0.25) is 0 Å². The fourth-order valence-electron chi connectivity index (χ4n) is 1.79. The molecule has 4 heteroatoms. The molecule has 0 fully saturated rings. The van der Waals surface area contributed by atoms with Crippen LogP contribution in [0.5, 0.6) is 0 Å². The van der Waals surface area contributed by atoms with E-state index >= 15 is 0 Å². The molecular formula is C13H9ClO3. The van der Waals surface area contributed by atoms with Crippen molar-refractivity contribution in [2.45, 2.75) is 4.87 Å². The smallest absolute Gasteiger partial charge is 0.216 e. The Labute approximate surface area is 103 Å².